The largest absolute Gasteiger partial charge is 0.493 e. The third-order valence-corrected chi connectivity index (χ3v) is 6.93. The molecule has 1 heterocycles. The smallest absolute Gasteiger partial charge is 0.233 e. The van der Waals surface area contributed by atoms with Gasteiger partial charge in [-0.3, -0.25) is 4.79 Å². The van der Waals surface area contributed by atoms with Crippen LogP contribution in [0.3, 0.4) is 0 Å². The third kappa shape index (κ3) is 5.09. The number of amides is 1. The van der Waals surface area contributed by atoms with E-state index in [1.165, 1.54) is 6.42 Å². The number of likely N-dealkylation sites (tertiary alicyclic amines) is 1. The van der Waals surface area contributed by atoms with E-state index in [-0.39, 0.29) is 5.91 Å². The van der Waals surface area contributed by atoms with Crippen LogP contribution in [0.4, 0.5) is 0 Å². The number of benzene rings is 2. The number of ether oxygens (including phenoxy) is 2. The van der Waals surface area contributed by atoms with Crippen molar-refractivity contribution in [2.24, 2.45) is 0 Å². The Kier molecular flexibility index (Phi) is 7.36. The normalized spacial score (nSPS) is 19.2. The summed E-state index contributed by atoms with van der Waals surface area (Å²) in [6.07, 6.45) is 7.57. The Balaban J connectivity index is 1.61. The molecule has 2 aromatic carbocycles. The zero-order valence-electron chi connectivity index (χ0n) is 19.1. The fourth-order valence-corrected chi connectivity index (χ4v) is 5.15. The van der Waals surface area contributed by atoms with Gasteiger partial charge in [-0.25, -0.2) is 0 Å². The van der Waals surface area contributed by atoms with Crippen LogP contribution < -0.4 is 9.47 Å². The lowest BCUT2D eigenvalue weighted by molar-refractivity contribution is -0.142. The van der Waals surface area contributed by atoms with Crippen molar-refractivity contribution in [1.29, 1.82) is 0 Å². The molecule has 1 N–H and O–H groups in total. The number of nitrogens with zero attached hydrogens (tertiary/aromatic N) is 1. The van der Waals surface area contributed by atoms with Gasteiger partial charge in [0, 0.05) is 13.1 Å². The number of aliphatic hydroxyl groups is 1. The second kappa shape index (κ2) is 10.4. The highest BCUT2D eigenvalue weighted by Crippen LogP contribution is 2.43. The van der Waals surface area contributed by atoms with Gasteiger partial charge in [0.2, 0.25) is 5.91 Å². The van der Waals surface area contributed by atoms with Gasteiger partial charge >= 0.3 is 0 Å². The SMILES string of the molecule is COc1cc(C(C(=O)N2CCCCC2)C2(O)CCCCC2)ccc1OCc1ccccc1. The van der Waals surface area contributed by atoms with E-state index < -0.39 is 11.5 Å². The summed E-state index contributed by atoms with van der Waals surface area (Å²) in [6.45, 7) is 2.00. The molecule has 1 saturated carbocycles. The number of hydrogen-bond donors (Lipinski definition) is 1. The molecule has 0 bridgehead atoms. The molecular formula is C27H35NO4. The van der Waals surface area contributed by atoms with Crippen molar-refractivity contribution < 1.29 is 19.4 Å². The average Bonchev–Trinajstić information content (AvgIpc) is 2.84. The summed E-state index contributed by atoms with van der Waals surface area (Å²) in [4.78, 5) is 15.6. The van der Waals surface area contributed by atoms with Crippen LogP contribution in [0.15, 0.2) is 48.5 Å². The molecule has 1 unspecified atom stereocenters. The van der Waals surface area contributed by atoms with Crippen molar-refractivity contribution in [2.75, 3.05) is 20.2 Å². The van der Waals surface area contributed by atoms with Crippen LogP contribution in [-0.4, -0.2) is 41.7 Å². The Bertz CT molecular complexity index is 886. The summed E-state index contributed by atoms with van der Waals surface area (Å²) in [6, 6.07) is 15.7. The molecular weight excluding hydrogens is 402 g/mol. The maximum atomic E-state index is 13.7. The minimum Gasteiger partial charge on any atom is -0.493 e. The second-order valence-corrected chi connectivity index (χ2v) is 9.17. The molecule has 32 heavy (non-hydrogen) atoms. The predicted octanol–water partition coefficient (Wildman–Crippen LogP) is 5.07. The van der Waals surface area contributed by atoms with Gasteiger partial charge in [-0.2, -0.15) is 0 Å². The van der Waals surface area contributed by atoms with E-state index in [0.29, 0.717) is 30.9 Å². The fourth-order valence-electron chi connectivity index (χ4n) is 5.15. The lowest BCUT2D eigenvalue weighted by Gasteiger charge is -2.41. The number of hydrogen-bond acceptors (Lipinski definition) is 4. The molecule has 0 aromatic heterocycles. The summed E-state index contributed by atoms with van der Waals surface area (Å²) in [7, 11) is 1.62. The molecule has 4 rings (SSSR count). The van der Waals surface area contributed by atoms with Crippen LogP contribution in [0.5, 0.6) is 11.5 Å². The number of rotatable bonds is 7. The average molecular weight is 438 g/mol. The van der Waals surface area contributed by atoms with Crippen LogP contribution in [-0.2, 0) is 11.4 Å². The van der Waals surface area contributed by atoms with Crippen molar-refractivity contribution >= 4 is 5.91 Å². The topological polar surface area (TPSA) is 59.0 Å². The first-order chi connectivity index (χ1) is 15.6. The fraction of sp³-hybridized carbons (Fsp3) is 0.519. The van der Waals surface area contributed by atoms with Gasteiger partial charge in [-0.05, 0) is 55.4 Å². The summed E-state index contributed by atoms with van der Waals surface area (Å²) in [5.41, 5.74) is 0.881. The molecule has 172 valence electrons. The third-order valence-electron chi connectivity index (χ3n) is 6.93. The van der Waals surface area contributed by atoms with Crippen molar-refractivity contribution in [2.45, 2.75) is 69.5 Å². The van der Waals surface area contributed by atoms with Crippen LogP contribution in [0.2, 0.25) is 0 Å². The maximum absolute atomic E-state index is 13.7. The molecule has 0 radical (unpaired) electrons. The first-order valence-corrected chi connectivity index (χ1v) is 12.0. The van der Waals surface area contributed by atoms with E-state index in [0.717, 1.165) is 56.3 Å². The molecule has 1 amide bonds. The molecule has 1 aliphatic carbocycles. The standard InChI is InChI=1S/C27H35NO4/c1-31-24-19-22(13-14-23(24)32-20-21-11-5-2-6-12-21)25(27(30)15-7-3-8-16-27)26(29)28-17-9-4-10-18-28/h2,5-6,11-14,19,25,30H,3-4,7-10,15-18,20H2,1H3. The van der Waals surface area contributed by atoms with E-state index in [2.05, 4.69) is 0 Å². The molecule has 2 aliphatic rings. The Morgan fingerprint density at radius 3 is 2.34 bits per heavy atom. The molecule has 0 spiro atoms. The van der Waals surface area contributed by atoms with E-state index >= 15 is 0 Å². The number of piperidine rings is 1. The van der Waals surface area contributed by atoms with Gasteiger partial charge in [-0.1, -0.05) is 55.7 Å². The van der Waals surface area contributed by atoms with Crippen LogP contribution in [0.1, 0.15) is 68.4 Å². The zero-order valence-corrected chi connectivity index (χ0v) is 19.1. The lowest BCUT2D eigenvalue weighted by Crippen LogP contribution is -2.49. The monoisotopic (exact) mass is 437 g/mol. The Hall–Kier alpha value is -2.53. The first-order valence-electron chi connectivity index (χ1n) is 12.0. The minimum atomic E-state index is -1.01. The number of carbonyl (C=O) groups is 1. The van der Waals surface area contributed by atoms with Crippen molar-refractivity contribution in [3.05, 3.63) is 59.7 Å². The predicted molar refractivity (Wildman–Crippen MR) is 125 cm³/mol. The Morgan fingerprint density at radius 2 is 1.66 bits per heavy atom. The first kappa shape index (κ1) is 22.7. The highest BCUT2D eigenvalue weighted by molar-refractivity contribution is 5.85. The van der Waals surface area contributed by atoms with E-state index in [9.17, 15) is 9.90 Å². The van der Waals surface area contributed by atoms with Gasteiger partial charge in [0.15, 0.2) is 11.5 Å². The highest BCUT2D eigenvalue weighted by atomic mass is 16.5. The maximum Gasteiger partial charge on any atom is 0.233 e. The van der Waals surface area contributed by atoms with Gasteiger partial charge in [-0.15, -0.1) is 0 Å². The summed E-state index contributed by atoms with van der Waals surface area (Å²) in [5.74, 6) is 0.710. The molecule has 5 heteroatoms. The molecule has 1 atom stereocenters. The molecule has 1 aliphatic heterocycles. The quantitative estimate of drug-likeness (QED) is 0.657. The van der Waals surface area contributed by atoms with Gasteiger partial charge in [0.05, 0.1) is 18.6 Å². The molecule has 2 fully saturated rings. The Morgan fingerprint density at radius 1 is 0.969 bits per heavy atom. The Labute approximate surface area is 191 Å². The summed E-state index contributed by atoms with van der Waals surface area (Å²) >= 11 is 0. The molecule has 5 nitrogen and oxygen atoms in total. The van der Waals surface area contributed by atoms with E-state index in [1.807, 2.05) is 53.4 Å². The highest BCUT2D eigenvalue weighted by Gasteiger charge is 2.45. The molecule has 1 saturated heterocycles. The van der Waals surface area contributed by atoms with Crippen molar-refractivity contribution in [3.8, 4) is 11.5 Å². The van der Waals surface area contributed by atoms with Crippen molar-refractivity contribution in [1.82, 2.24) is 4.90 Å². The zero-order chi connectivity index (χ0) is 22.4. The van der Waals surface area contributed by atoms with Gasteiger partial charge in [0.1, 0.15) is 6.61 Å². The number of carbonyl (C=O) groups excluding carboxylic acids is 1. The van der Waals surface area contributed by atoms with Crippen molar-refractivity contribution in [3.63, 3.8) is 0 Å². The van der Waals surface area contributed by atoms with Crippen LogP contribution in [0, 0.1) is 0 Å². The number of methoxy groups -OCH3 is 1. The summed E-state index contributed by atoms with van der Waals surface area (Å²) in [5, 5.41) is 11.7. The van der Waals surface area contributed by atoms with E-state index in [1.54, 1.807) is 7.11 Å². The minimum absolute atomic E-state index is 0.0501. The lowest BCUT2D eigenvalue weighted by atomic mass is 9.72. The summed E-state index contributed by atoms with van der Waals surface area (Å²) < 4.78 is 11.7. The van der Waals surface area contributed by atoms with Gasteiger partial charge in [0.25, 0.3) is 0 Å². The van der Waals surface area contributed by atoms with E-state index in [4.69, 9.17) is 9.47 Å². The molecule has 2 aromatic rings. The second-order valence-electron chi connectivity index (χ2n) is 9.17. The van der Waals surface area contributed by atoms with Gasteiger partial charge < -0.3 is 19.5 Å². The van der Waals surface area contributed by atoms with Crippen LogP contribution >= 0.6 is 0 Å². The van der Waals surface area contributed by atoms with Crippen LogP contribution in [0.25, 0.3) is 0 Å².